The van der Waals surface area contributed by atoms with Crippen molar-refractivity contribution in [1.82, 2.24) is 14.7 Å². The maximum Gasteiger partial charge on any atom is 0.241 e. The molecule has 4 aliphatic rings. The predicted molar refractivity (Wildman–Crippen MR) is 111 cm³/mol. The van der Waals surface area contributed by atoms with Crippen molar-refractivity contribution >= 4 is 11.8 Å². The highest BCUT2D eigenvalue weighted by Gasteiger charge is 2.58. The van der Waals surface area contributed by atoms with Crippen molar-refractivity contribution in [2.24, 2.45) is 5.73 Å². The van der Waals surface area contributed by atoms with Gasteiger partial charge in [-0.3, -0.25) is 14.5 Å². The molecule has 0 unspecified atom stereocenters. The number of piperazine rings is 1. The summed E-state index contributed by atoms with van der Waals surface area (Å²) in [6, 6.07) is 7.45. The number of amides is 2. The molecule has 2 bridgehead atoms. The largest absolute Gasteiger partial charge is 0.327 e. The molecular formula is C23H28FN5O2. The Bertz CT molecular complexity index is 925. The smallest absolute Gasteiger partial charge is 0.241 e. The van der Waals surface area contributed by atoms with Crippen molar-refractivity contribution in [3.8, 4) is 6.07 Å². The summed E-state index contributed by atoms with van der Waals surface area (Å²) >= 11 is 0. The first-order valence-electron chi connectivity index (χ1n) is 11.2. The van der Waals surface area contributed by atoms with Crippen LogP contribution in [0.1, 0.15) is 44.1 Å². The Morgan fingerprint density at radius 3 is 2.65 bits per heavy atom. The monoisotopic (exact) mass is 425 g/mol. The van der Waals surface area contributed by atoms with Crippen LogP contribution < -0.4 is 5.73 Å². The van der Waals surface area contributed by atoms with E-state index in [4.69, 9.17) is 5.73 Å². The zero-order chi connectivity index (χ0) is 21.8. The average molecular weight is 426 g/mol. The van der Waals surface area contributed by atoms with E-state index in [9.17, 15) is 19.2 Å². The summed E-state index contributed by atoms with van der Waals surface area (Å²) in [7, 11) is 0. The van der Waals surface area contributed by atoms with Crippen molar-refractivity contribution in [1.29, 1.82) is 5.26 Å². The minimum atomic E-state index is -0.732. The molecule has 2 amide bonds. The molecule has 2 N–H and O–H groups in total. The number of carbonyl (C=O) groups excluding carboxylic acids is 2. The number of rotatable bonds is 5. The summed E-state index contributed by atoms with van der Waals surface area (Å²) < 4.78 is 13.4. The van der Waals surface area contributed by atoms with Crippen LogP contribution in [0.25, 0.3) is 0 Å². The summed E-state index contributed by atoms with van der Waals surface area (Å²) in [5, 5.41) is 9.25. The van der Waals surface area contributed by atoms with E-state index >= 15 is 0 Å². The van der Waals surface area contributed by atoms with Gasteiger partial charge in [-0.1, -0.05) is 12.1 Å². The van der Waals surface area contributed by atoms with Gasteiger partial charge in [0.15, 0.2) is 0 Å². The van der Waals surface area contributed by atoms with E-state index in [1.165, 1.54) is 12.1 Å². The van der Waals surface area contributed by atoms with Gasteiger partial charge >= 0.3 is 0 Å². The minimum absolute atomic E-state index is 0.0869. The van der Waals surface area contributed by atoms with Crippen LogP contribution in [-0.4, -0.2) is 70.3 Å². The van der Waals surface area contributed by atoms with E-state index in [1.54, 1.807) is 4.90 Å². The van der Waals surface area contributed by atoms with Gasteiger partial charge in [0.05, 0.1) is 23.7 Å². The number of carbonyl (C=O) groups is 2. The molecule has 3 heterocycles. The first-order chi connectivity index (χ1) is 14.9. The number of hydrogen-bond acceptors (Lipinski definition) is 5. The lowest BCUT2D eigenvalue weighted by molar-refractivity contribution is -0.150. The molecule has 1 aromatic carbocycles. The highest BCUT2D eigenvalue weighted by molar-refractivity contribution is 5.87. The van der Waals surface area contributed by atoms with Gasteiger partial charge in [-0.15, -0.1) is 0 Å². The molecule has 7 nitrogen and oxygen atoms in total. The second-order valence-corrected chi connectivity index (χ2v) is 9.38. The summed E-state index contributed by atoms with van der Waals surface area (Å²) in [4.78, 5) is 31.8. The van der Waals surface area contributed by atoms with Crippen molar-refractivity contribution in [2.45, 2.75) is 68.2 Å². The second kappa shape index (κ2) is 7.57. The van der Waals surface area contributed by atoms with Crippen LogP contribution in [0.15, 0.2) is 24.3 Å². The van der Waals surface area contributed by atoms with Crippen LogP contribution in [-0.2, 0) is 15.1 Å². The van der Waals surface area contributed by atoms with Gasteiger partial charge in [0.2, 0.25) is 11.8 Å². The summed E-state index contributed by atoms with van der Waals surface area (Å²) in [5.74, 6) is -0.372. The average Bonchev–Trinajstić information content (AvgIpc) is 3.43. The number of nitrogens with two attached hydrogens (primary N) is 1. The molecular weight excluding hydrogens is 397 g/mol. The molecule has 8 heteroatoms. The fraction of sp³-hybridized carbons (Fsp3) is 0.609. The first kappa shape index (κ1) is 20.4. The number of fused-ring (bicyclic) bond motifs is 2. The third-order valence-corrected chi connectivity index (χ3v) is 7.73. The van der Waals surface area contributed by atoms with Gasteiger partial charge in [-0.05, 0) is 56.2 Å². The van der Waals surface area contributed by atoms with Gasteiger partial charge in [0.1, 0.15) is 11.9 Å². The fourth-order valence-corrected chi connectivity index (χ4v) is 6.07. The van der Waals surface area contributed by atoms with Gasteiger partial charge in [-0.25, -0.2) is 4.39 Å². The van der Waals surface area contributed by atoms with Crippen LogP contribution in [0.2, 0.25) is 0 Å². The van der Waals surface area contributed by atoms with E-state index in [1.807, 2.05) is 21.9 Å². The van der Waals surface area contributed by atoms with E-state index in [-0.39, 0.29) is 41.3 Å². The maximum atomic E-state index is 13.4. The van der Waals surface area contributed by atoms with Gasteiger partial charge in [-0.2, -0.15) is 5.26 Å². The number of benzene rings is 1. The van der Waals surface area contributed by atoms with E-state index in [0.29, 0.717) is 26.1 Å². The van der Waals surface area contributed by atoms with Gasteiger partial charge < -0.3 is 15.5 Å². The molecule has 0 radical (unpaired) electrons. The lowest BCUT2D eigenvalue weighted by Crippen LogP contribution is -2.62. The minimum Gasteiger partial charge on any atom is -0.327 e. The number of halogens is 1. The Hall–Kier alpha value is -2.50. The molecule has 5 rings (SSSR count). The molecule has 164 valence electrons. The Labute approximate surface area is 181 Å². The van der Waals surface area contributed by atoms with Crippen LogP contribution in [0.3, 0.4) is 0 Å². The Morgan fingerprint density at radius 1 is 1.29 bits per heavy atom. The standard InChI is InChI=1S/C23H28FN5O2/c24-16-6-4-15(5-7-16)23(8-2-9-23)29-18-11-20(22(29)31)27(13-18)14-19(26)21(30)28-10-1-3-17(28)12-25/h4-7,17-20H,1-3,8-11,13-14,26H2/t17-,18+,19-,20+/m0/s1. The highest BCUT2D eigenvalue weighted by atomic mass is 19.1. The first-order valence-corrected chi connectivity index (χ1v) is 11.2. The van der Waals surface area contributed by atoms with E-state index in [0.717, 1.165) is 37.7 Å². The number of nitrogens with zero attached hydrogens (tertiary/aromatic N) is 4. The number of hydrogen-bond donors (Lipinski definition) is 1. The Kier molecular flexibility index (Phi) is 4.98. The van der Waals surface area contributed by atoms with Gasteiger partial charge in [0, 0.05) is 25.7 Å². The summed E-state index contributed by atoms with van der Waals surface area (Å²) in [6.07, 6.45) is 5.11. The topological polar surface area (TPSA) is 93.7 Å². The number of nitriles is 1. The zero-order valence-corrected chi connectivity index (χ0v) is 17.5. The van der Waals surface area contributed by atoms with E-state index < -0.39 is 6.04 Å². The third-order valence-electron chi connectivity index (χ3n) is 7.73. The van der Waals surface area contributed by atoms with Crippen LogP contribution >= 0.6 is 0 Å². The molecule has 4 atom stereocenters. The number of likely N-dealkylation sites (tertiary alicyclic amines) is 3. The molecule has 0 aromatic heterocycles. The molecule has 1 aliphatic carbocycles. The molecule has 31 heavy (non-hydrogen) atoms. The van der Waals surface area contributed by atoms with Crippen LogP contribution in [0, 0.1) is 17.1 Å². The lowest BCUT2D eigenvalue weighted by Gasteiger charge is -2.53. The molecule has 0 spiro atoms. The molecule has 4 fully saturated rings. The van der Waals surface area contributed by atoms with E-state index in [2.05, 4.69) is 6.07 Å². The van der Waals surface area contributed by atoms with Crippen molar-refractivity contribution < 1.29 is 14.0 Å². The Morgan fingerprint density at radius 2 is 2.03 bits per heavy atom. The summed E-state index contributed by atoms with van der Waals surface area (Å²) in [6.45, 7) is 1.60. The zero-order valence-electron chi connectivity index (χ0n) is 17.5. The highest BCUT2D eigenvalue weighted by Crippen LogP contribution is 2.51. The SMILES string of the molecule is N#C[C@@H]1CCCN1C(=O)[C@@H](N)CN1C[C@H]2C[C@@H]1C(=O)N2C1(c2ccc(F)cc2)CCC1. The molecule has 1 aromatic rings. The van der Waals surface area contributed by atoms with Crippen LogP contribution in [0.5, 0.6) is 0 Å². The normalized spacial score (nSPS) is 30.4. The fourth-order valence-electron chi connectivity index (χ4n) is 6.07. The molecule has 3 aliphatic heterocycles. The molecule has 3 saturated heterocycles. The second-order valence-electron chi connectivity index (χ2n) is 9.38. The Balaban J connectivity index is 1.28. The third kappa shape index (κ3) is 3.14. The lowest BCUT2D eigenvalue weighted by atomic mass is 9.70. The predicted octanol–water partition coefficient (Wildman–Crippen LogP) is 1.33. The summed E-state index contributed by atoms with van der Waals surface area (Å²) in [5.41, 5.74) is 6.91. The van der Waals surface area contributed by atoms with Crippen molar-refractivity contribution in [3.63, 3.8) is 0 Å². The quantitative estimate of drug-likeness (QED) is 0.768. The van der Waals surface area contributed by atoms with Crippen LogP contribution in [0.4, 0.5) is 4.39 Å². The maximum absolute atomic E-state index is 13.4. The van der Waals surface area contributed by atoms with Gasteiger partial charge in [0.25, 0.3) is 0 Å². The molecule has 1 saturated carbocycles. The van der Waals surface area contributed by atoms with Crippen molar-refractivity contribution in [2.75, 3.05) is 19.6 Å². The van der Waals surface area contributed by atoms with Crippen molar-refractivity contribution in [3.05, 3.63) is 35.6 Å².